The quantitative estimate of drug-likeness (QED) is 0.591. The monoisotopic (exact) mass is 234 g/mol. The summed E-state index contributed by atoms with van der Waals surface area (Å²) in [6.45, 7) is 7.74. The molecule has 0 bridgehead atoms. The van der Waals surface area contributed by atoms with Gasteiger partial charge in [0.25, 0.3) is 0 Å². The van der Waals surface area contributed by atoms with Crippen LogP contribution in [0, 0.1) is 6.92 Å². The third kappa shape index (κ3) is 4.62. The molecule has 16 heavy (non-hydrogen) atoms. The molecule has 0 spiro atoms. The van der Waals surface area contributed by atoms with Crippen molar-refractivity contribution >= 4 is 20.7 Å². The molecule has 2 nitrogen and oxygen atoms in total. The first-order valence-electron chi connectivity index (χ1n) is 5.40. The lowest BCUT2D eigenvalue weighted by Crippen LogP contribution is -2.27. The number of hydrogen-bond donors (Lipinski definition) is 0. The second kappa shape index (κ2) is 5.30. The van der Waals surface area contributed by atoms with Crippen molar-refractivity contribution in [3.05, 3.63) is 29.8 Å². The second-order valence-electron chi connectivity index (χ2n) is 4.75. The van der Waals surface area contributed by atoms with Crippen LogP contribution in [0.4, 0.5) is 0 Å². The molecule has 0 fully saturated rings. The zero-order valence-electron chi connectivity index (χ0n) is 10.3. The highest BCUT2D eigenvalue weighted by molar-refractivity contribution is 6.57. The van der Waals surface area contributed by atoms with Gasteiger partial charge in [-0.3, -0.25) is 4.79 Å². The molecular formula is C13H18O2Si. The van der Waals surface area contributed by atoms with Gasteiger partial charge in [0.2, 0.25) is 0 Å². The van der Waals surface area contributed by atoms with E-state index >= 15 is 0 Å². The highest BCUT2D eigenvalue weighted by Gasteiger charge is 2.16. The van der Waals surface area contributed by atoms with Gasteiger partial charge in [0.15, 0.2) is 0 Å². The second-order valence-corrected chi connectivity index (χ2v) is 6.00. The van der Waals surface area contributed by atoms with E-state index in [9.17, 15) is 4.79 Å². The molecule has 1 rings (SSSR count). The van der Waals surface area contributed by atoms with Crippen molar-refractivity contribution in [3.8, 4) is 0 Å². The molecule has 0 atom stereocenters. The van der Waals surface area contributed by atoms with Crippen LogP contribution in [0.3, 0.4) is 0 Å². The summed E-state index contributed by atoms with van der Waals surface area (Å²) in [7, 11) is 0.495. The molecular weight excluding hydrogens is 216 g/mol. The fourth-order valence-corrected chi connectivity index (χ4v) is 2.30. The number of aryl methyl sites for hydroxylation is 1. The molecule has 0 aromatic heterocycles. The highest BCUT2D eigenvalue weighted by Crippen LogP contribution is 2.08. The molecule has 0 unspecified atom stereocenters. The standard InChI is InChI=1S/C13H18O2Si/c1-10-7-5-6-8-11(10)16-9-12(14)15-13(2,3)4/h5-8H,9H2,1-4H3. The van der Waals surface area contributed by atoms with Crippen molar-refractivity contribution in [2.24, 2.45) is 0 Å². The fourth-order valence-electron chi connectivity index (χ4n) is 1.32. The highest BCUT2D eigenvalue weighted by atomic mass is 28.2. The van der Waals surface area contributed by atoms with E-state index in [1.807, 2.05) is 32.9 Å². The Morgan fingerprint density at radius 3 is 2.50 bits per heavy atom. The molecule has 3 heteroatoms. The number of esters is 1. The van der Waals surface area contributed by atoms with Crippen LogP contribution in [0.2, 0.25) is 6.04 Å². The Balaban J connectivity index is 2.47. The van der Waals surface area contributed by atoms with Crippen molar-refractivity contribution < 1.29 is 9.53 Å². The minimum atomic E-state index is -0.382. The Morgan fingerprint density at radius 1 is 1.31 bits per heavy atom. The third-order valence-electron chi connectivity index (χ3n) is 1.99. The van der Waals surface area contributed by atoms with Crippen LogP contribution in [-0.4, -0.2) is 21.1 Å². The third-order valence-corrected chi connectivity index (χ3v) is 3.40. The summed E-state index contributed by atoms with van der Waals surface area (Å²) in [5, 5.41) is 1.24. The lowest BCUT2D eigenvalue weighted by atomic mass is 10.2. The van der Waals surface area contributed by atoms with Crippen molar-refractivity contribution in [2.75, 3.05) is 0 Å². The summed E-state index contributed by atoms with van der Waals surface area (Å²) < 4.78 is 5.27. The van der Waals surface area contributed by atoms with Crippen molar-refractivity contribution in [3.63, 3.8) is 0 Å². The lowest BCUT2D eigenvalue weighted by molar-refractivity contribution is -0.151. The molecule has 1 aromatic carbocycles. The molecule has 0 saturated heterocycles. The fraction of sp³-hybridized carbons (Fsp3) is 0.462. The molecule has 0 N–H and O–H groups in total. The Morgan fingerprint density at radius 2 is 1.94 bits per heavy atom. The topological polar surface area (TPSA) is 26.3 Å². The maximum absolute atomic E-state index is 11.5. The van der Waals surface area contributed by atoms with Gasteiger partial charge < -0.3 is 4.74 Å². The van der Waals surface area contributed by atoms with Crippen LogP contribution in [0.15, 0.2) is 24.3 Å². The van der Waals surface area contributed by atoms with Gasteiger partial charge in [-0.2, -0.15) is 0 Å². The number of carbonyl (C=O) groups excluding carboxylic acids is 1. The van der Waals surface area contributed by atoms with Gasteiger partial charge in [-0.15, -0.1) is 0 Å². The number of ether oxygens (including phenoxy) is 1. The summed E-state index contributed by atoms with van der Waals surface area (Å²) >= 11 is 0. The first kappa shape index (κ1) is 13.0. The number of hydrogen-bond acceptors (Lipinski definition) is 2. The average Bonchev–Trinajstić information content (AvgIpc) is 2.14. The first-order valence-corrected chi connectivity index (χ1v) is 6.60. The molecule has 0 aliphatic carbocycles. The van der Waals surface area contributed by atoms with E-state index in [0.717, 1.165) is 0 Å². The Labute approximate surface area is 99.8 Å². The summed E-state index contributed by atoms with van der Waals surface area (Å²) in [5.41, 5.74) is 0.859. The lowest BCUT2D eigenvalue weighted by Gasteiger charge is -2.19. The minimum Gasteiger partial charge on any atom is -0.460 e. The number of rotatable bonds is 3. The molecule has 0 saturated carbocycles. The van der Waals surface area contributed by atoms with Crippen molar-refractivity contribution in [2.45, 2.75) is 39.3 Å². The zero-order valence-corrected chi connectivity index (χ0v) is 11.3. The molecule has 0 amide bonds. The van der Waals surface area contributed by atoms with Gasteiger partial charge in [0, 0.05) is 6.04 Å². The van der Waals surface area contributed by atoms with Gasteiger partial charge in [-0.05, 0) is 27.7 Å². The van der Waals surface area contributed by atoms with E-state index in [0.29, 0.717) is 15.6 Å². The largest absolute Gasteiger partial charge is 0.460 e. The van der Waals surface area contributed by atoms with E-state index in [-0.39, 0.29) is 11.6 Å². The average molecular weight is 234 g/mol. The van der Waals surface area contributed by atoms with Crippen LogP contribution in [-0.2, 0) is 9.53 Å². The van der Waals surface area contributed by atoms with Gasteiger partial charge in [-0.25, -0.2) is 0 Å². The van der Waals surface area contributed by atoms with Crippen molar-refractivity contribution in [1.29, 1.82) is 0 Å². The SMILES string of the molecule is Cc1ccccc1[Si]CC(=O)OC(C)(C)C. The minimum absolute atomic E-state index is 0.117. The van der Waals surface area contributed by atoms with Crippen LogP contribution in [0.5, 0.6) is 0 Å². The molecule has 0 heterocycles. The van der Waals surface area contributed by atoms with E-state index in [1.54, 1.807) is 0 Å². The van der Waals surface area contributed by atoms with E-state index in [1.165, 1.54) is 10.8 Å². The number of carbonyl (C=O) groups is 1. The maximum Gasteiger partial charge on any atom is 0.303 e. The first-order chi connectivity index (χ1) is 7.38. The van der Waals surface area contributed by atoms with Crippen LogP contribution < -0.4 is 5.19 Å². The van der Waals surface area contributed by atoms with E-state index < -0.39 is 0 Å². The normalized spacial score (nSPS) is 11.2. The van der Waals surface area contributed by atoms with Crippen LogP contribution in [0.1, 0.15) is 26.3 Å². The van der Waals surface area contributed by atoms with E-state index in [2.05, 4.69) is 19.1 Å². The van der Waals surface area contributed by atoms with Crippen LogP contribution >= 0.6 is 0 Å². The summed E-state index contributed by atoms with van der Waals surface area (Å²) in [6, 6.07) is 8.62. The summed E-state index contributed by atoms with van der Waals surface area (Å²) in [6.07, 6.45) is 0. The van der Waals surface area contributed by atoms with Crippen molar-refractivity contribution in [1.82, 2.24) is 0 Å². The van der Waals surface area contributed by atoms with Gasteiger partial charge in [0.05, 0.1) is 9.52 Å². The van der Waals surface area contributed by atoms with Gasteiger partial charge in [0.1, 0.15) is 5.60 Å². The van der Waals surface area contributed by atoms with Gasteiger partial charge >= 0.3 is 5.97 Å². The molecule has 0 aliphatic rings. The molecule has 1 aromatic rings. The summed E-state index contributed by atoms with van der Waals surface area (Å²) in [4.78, 5) is 11.5. The molecule has 86 valence electrons. The Kier molecular flexibility index (Phi) is 4.30. The van der Waals surface area contributed by atoms with Crippen LogP contribution in [0.25, 0.3) is 0 Å². The van der Waals surface area contributed by atoms with Gasteiger partial charge in [-0.1, -0.05) is 35.0 Å². The smallest absolute Gasteiger partial charge is 0.303 e. The predicted molar refractivity (Wildman–Crippen MR) is 67.2 cm³/mol. The predicted octanol–water partition coefficient (Wildman–Crippen LogP) is 2.08. The Hall–Kier alpha value is -1.09. The maximum atomic E-state index is 11.5. The summed E-state index contributed by atoms with van der Waals surface area (Å²) in [5.74, 6) is -0.117. The molecule has 0 aliphatic heterocycles. The molecule has 2 radical (unpaired) electrons. The Bertz CT molecular complexity index is 366. The van der Waals surface area contributed by atoms with E-state index in [4.69, 9.17) is 4.74 Å². The number of benzene rings is 1. The zero-order chi connectivity index (χ0) is 12.2.